The molecule has 1 aromatic carbocycles. The second-order valence-corrected chi connectivity index (χ2v) is 5.84. The number of pyridine rings is 1. The molecule has 0 atom stereocenters. The average molecular weight is 353 g/mol. The zero-order chi connectivity index (χ0) is 18.5. The smallest absolute Gasteiger partial charge is 0.343 e. The molecule has 0 saturated heterocycles. The van der Waals surface area contributed by atoms with Crippen molar-refractivity contribution in [1.29, 1.82) is 0 Å². The molecule has 0 aliphatic rings. The minimum atomic E-state index is -1.11. The van der Waals surface area contributed by atoms with Gasteiger partial charge in [-0.05, 0) is 19.4 Å². The fourth-order valence-corrected chi connectivity index (χ4v) is 2.75. The fraction of sp³-hybridized carbons (Fsp3) is 0.211. The molecule has 0 saturated carbocycles. The largest absolute Gasteiger partial charge is 0.477 e. The summed E-state index contributed by atoms with van der Waals surface area (Å²) in [6.45, 7) is 2.87. The zero-order valence-corrected chi connectivity index (χ0v) is 14.3. The van der Waals surface area contributed by atoms with Crippen molar-refractivity contribution in [3.05, 3.63) is 70.1 Å². The second-order valence-electron chi connectivity index (χ2n) is 5.84. The zero-order valence-electron chi connectivity index (χ0n) is 14.3. The molecule has 0 fully saturated rings. The van der Waals surface area contributed by atoms with Crippen LogP contribution in [0.3, 0.4) is 0 Å². The summed E-state index contributed by atoms with van der Waals surface area (Å²) in [7, 11) is 0. The van der Waals surface area contributed by atoms with Gasteiger partial charge in [-0.25, -0.2) is 4.79 Å². The summed E-state index contributed by atoms with van der Waals surface area (Å²) in [5.41, 5.74) is 1.49. The Kier molecular flexibility index (Phi) is 5.17. The Bertz CT molecular complexity index is 960. The van der Waals surface area contributed by atoms with Crippen LogP contribution in [0, 0.1) is 6.92 Å². The van der Waals surface area contributed by atoms with Crippen LogP contribution in [0.1, 0.15) is 22.5 Å². The van der Waals surface area contributed by atoms with Crippen molar-refractivity contribution in [2.24, 2.45) is 0 Å². The Morgan fingerprint density at radius 3 is 2.65 bits per heavy atom. The standard InChI is InChI=1S/C19H19N3O4/c1-13-7-5-10-15(23)22(13)12-6-11-20-18-16(19(24)25)17(26-21-18)14-8-3-2-4-9-14/h2-5,7-10H,6,11-12H2,1H3,(H,20,21)(H,24,25). The van der Waals surface area contributed by atoms with E-state index >= 15 is 0 Å². The maximum atomic E-state index is 11.8. The number of nitrogens with zero attached hydrogens (tertiary/aromatic N) is 2. The van der Waals surface area contributed by atoms with Crippen LogP contribution >= 0.6 is 0 Å². The molecule has 2 heterocycles. The summed E-state index contributed by atoms with van der Waals surface area (Å²) in [6, 6.07) is 14.1. The highest BCUT2D eigenvalue weighted by atomic mass is 16.5. The highest BCUT2D eigenvalue weighted by molar-refractivity contribution is 5.99. The van der Waals surface area contributed by atoms with Gasteiger partial charge in [0.1, 0.15) is 0 Å². The van der Waals surface area contributed by atoms with E-state index in [2.05, 4.69) is 10.5 Å². The molecule has 3 aromatic rings. The molecule has 2 N–H and O–H groups in total. The number of hydrogen-bond donors (Lipinski definition) is 2. The summed E-state index contributed by atoms with van der Waals surface area (Å²) >= 11 is 0. The van der Waals surface area contributed by atoms with Crippen molar-refractivity contribution in [1.82, 2.24) is 9.72 Å². The number of benzene rings is 1. The molecule has 0 unspecified atom stereocenters. The molecule has 0 radical (unpaired) electrons. The monoisotopic (exact) mass is 353 g/mol. The number of aryl methyl sites for hydroxylation is 1. The van der Waals surface area contributed by atoms with Crippen LogP contribution in [0.15, 0.2) is 57.8 Å². The second kappa shape index (κ2) is 7.69. The summed E-state index contributed by atoms with van der Waals surface area (Å²) in [5, 5.41) is 16.4. The maximum absolute atomic E-state index is 11.8. The number of aromatic nitrogens is 2. The van der Waals surface area contributed by atoms with Gasteiger partial charge in [-0.2, -0.15) is 0 Å². The highest BCUT2D eigenvalue weighted by Gasteiger charge is 2.23. The number of carbonyl (C=O) groups is 1. The molecule has 0 aliphatic carbocycles. The van der Waals surface area contributed by atoms with Gasteiger partial charge in [-0.15, -0.1) is 0 Å². The van der Waals surface area contributed by atoms with Gasteiger partial charge in [0.25, 0.3) is 5.56 Å². The number of carboxylic acid groups (broad SMARTS) is 1. The van der Waals surface area contributed by atoms with Crippen molar-refractivity contribution in [3.8, 4) is 11.3 Å². The van der Waals surface area contributed by atoms with Gasteiger partial charge in [0.15, 0.2) is 17.1 Å². The Hall–Kier alpha value is -3.35. The Balaban J connectivity index is 1.70. The Labute approximate surface area is 149 Å². The van der Waals surface area contributed by atoms with E-state index in [0.29, 0.717) is 25.1 Å². The number of anilines is 1. The number of hydrogen-bond acceptors (Lipinski definition) is 5. The Morgan fingerprint density at radius 2 is 1.96 bits per heavy atom. The fourth-order valence-electron chi connectivity index (χ4n) is 2.75. The van der Waals surface area contributed by atoms with E-state index in [4.69, 9.17) is 4.52 Å². The lowest BCUT2D eigenvalue weighted by molar-refractivity contribution is 0.0698. The van der Waals surface area contributed by atoms with Crippen molar-refractivity contribution in [3.63, 3.8) is 0 Å². The van der Waals surface area contributed by atoms with Crippen LogP contribution in [0.25, 0.3) is 11.3 Å². The first-order valence-electron chi connectivity index (χ1n) is 8.26. The molecular formula is C19H19N3O4. The summed E-state index contributed by atoms with van der Waals surface area (Å²) in [5.74, 6) is -0.702. The topological polar surface area (TPSA) is 97.4 Å². The normalized spacial score (nSPS) is 10.7. The third-order valence-electron chi connectivity index (χ3n) is 4.06. The quantitative estimate of drug-likeness (QED) is 0.634. The molecular weight excluding hydrogens is 334 g/mol. The molecule has 0 amide bonds. The molecule has 7 nitrogen and oxygen atoms in total. The van der Waals surface area contributed by atoms with E-state index in [-0.39, 0.29) is 22.7 Å². The lowest BCUT2D eigenvalue weighted by atomic mass is 10.1. The van der Waals surface area contributed by atoms with Gasteiger partial charge in [-0.1, -0.05) is 41.6 Å². The maximum Gasteiger partial charge on any atom is 0.343 e. The predicted octanol–water partition coefficient (Wildman–Crippen LogP) is 3.01. The molecule has 3 rings (SSSR count). The average Bonchev–Trinajstić information content (AvgIpc) is 3.05. The van der Waals surface area contributed by atoms with Crippen molar-refractivity contribution < 1.29 is 14.4 Å². The van der Waals surface area contributed by atoms with Gasteiger partial charge >= 0.3 is 5.97 Å². The number of nitrogens with one attached hydrogen (secondary N) is 1. The number of aromatic carboxylic acids is 1. The molecule has 0 aliphatic heterocycles. The van der Waals surface area contributed by atoms with Crippen LogP contribution in [-0.2, 0) is 6.54 Å². The molecule has 2 aromatic heterocycles. The SMILES string of the molecule is Cc1cccc(=O)n1CCCNc1noc(-c2ccccc2)c1C(=O)O. The van der Waals surface area contributed by atoms with Crippen molar-refractivity contribution in [2.45, 2.75) is 19.9 Å². The highest BCUT2D eigenvalue weighted by Crippen LogP contribution is 2.29. The Morgan fingerprint density at radius 1 is 1.19 bits per heavy atom. The van der Waals surface area contributed by atoms with Crippen LogP contribution in [-0.4, -0.2) is 27.3 Å². The third-order valence-corrected chi connectivity index (χ3v) is 4.06. The minimum Gasteiger partial charge on any atom is -0.477 e. The van der Waals surface area contributed by atoms with Gasteiger partial charge < -0.3 is 19.5 Å². The van der Waals surface area contributed by atoms with E-state index in [1.165, 1.54) is 6.07 Å². The van der Waals surface area contributed by atoms with Crippen LogP contribution < -0.4 is 10.9 Å². The van der Waals surface area contributed by atoms with E-state index < -0.39 is 5.97 Å². The van der Waals surface area contributed by atoms with Crippen LogP contribution in [0.5, 0.6) is 0 Å². The van der Waals surface area contributed by atoms with E-state index in [1.54, 1.807) is 34.9 Å². The predicted molar refractivity (Wildman–Crippen MR) is 97.4 cm³/mol. The first-order valence-corrected chi connectivity index (χ1v) is 8.26. The lowest BCUT2D eigenvalue weighted by Gasteiger charge is -2.09. The van der Waals surface area contributed by atoms with Crippen LogP contribution in [0.4, 0.5) is 5.82 Å². The van der Waals surface area contributed by atoms with E-state index in [9.17, 15) is 14.7 Å². The van der Waals surface area contributed by atoms with Gasteiger partial charge in [0, 0.05) is 30.4 Å². The summed E-state index contributed by atoms with van der Waals surface area (Å²) < 4.78 is 6.93. The van der Waals surface area contributed by atoms with Gasteiger partial charge in [0.05, 0.1) is 0 Å². The third kappa shape index (κ3) is 3.66. The summed E-state index contributed by atoms with van der Waals surface area (Å²) in [6.07, 6.45) is 0.636. The van der Waals surface area contributed by atoms with Gasteiger partial charge in [-0.3, -0.25) is 4.79 Å². The number of carboxylic acids is 1. The van der Waals surface area contributed by atoms with E-state index in [1.807, 2.05) is 19.1 Å². The van der Waals surface area contributed by atoms with Crippen molar-refractivity contribution in [2.75, 3.05) is 11.9 Å². The first-order chi connectivity index (χ1) is 12.6. The molecule has 7 heteroatoms. The number of rotatable bonds is 7. The molecule has 0 bridgehead atoms. The van der Waals surface area contributed by atoms with Crippen molar-refractivity contribution >= 4 is 11.8 Å². The van der Waals surface area contributed by atoms with Gasteiger partial charge in [0.2, 0.25) is 0 Å². The first kappa shape index (κ1) is 17.5. The molecule has 26 heavy (non-hydrogen) atoms. The van der Waals surface area contributed by atoms with Crippen LogP contribution in [0.2, 0.25) is 0 Å². The summed E-state index contributed by atoms with van der Waals surface area (Å²) in [4.78, 5) is 23.5. The van der Waals surface area contributed by atoms with E-state index in [0.717, 1.165) is 5.69 Å². The molecule has 134 valence electrons. The minimum absolute atomic E-state index is 0.00394. The molecule has 0 spiro atoms. The lowest BCUT2D eigenvalue weighted by Crippen LogP contribution is -2.22.